The highest BCUT2D eigenvalue weighted by Crippen LogP contribution is 2.32. The monoisotopic (exact) mass is 411 g/mol. The first-order valence-corrected chi connectivity index (χ1v) is 10.3. The van der Waals surface area contributed by atoms with Gasteiger partial charge in [0, 0.05) is 30.9 Å². The standard InChI is InChI=1S/C19H20F3N3O2S/c1-2-3-11-25-13-17(15-8-6-10-23-18(15)25)28(26,27)24-12-14-7-4-5-9-16(14)19(20,21)22/h4-10,13,24H,2-3,11-12H2,1H3. The summed E-state index contributed by atoms with van der Waals surface area (Å²) in [6, 6.07) is 8.18. The van der Waals surface area contributed by atoms with Crippen molar-refractivity contribution < 1.29 is 21.6 Å². The molecule has 1 aromatic carbocycles. The van der Waals surface area contributed by atoms with Crippen LogP contribution in [0.25, 0.3) is 11.0 Å². The molecule has 150 valence electrons. The summed E-state index contributed by atoms with van der Waals surface area (Å²) in [6.07, 6.45) is 0.301. The number of pyridine rings is 1. The van der Waals surface area contributed by atoms with Gasteiger partial charge in [-0.15, -0.1) is 0 Å². The van der Waals surface area contributed by atoms with Gasteiger partial charge in [0.15, 0.2) is 0 Å². The van der Waals surface area contributed by atoms with Crippen molar-refractivity contribution in [2.45, 2.75) is 43.9 Å². The van der Waals surface area contributed by atoms with E-state index in [9.17, 15) is 21.6 Å². The van der Waals surface area contributed by atoms with Gasteiger partial charge in [-0.1, -0.05) is 31.5 Å². The summed E-state index contributed by atoms with van der Waals surface area (Å²) in [6.45, 7) is 2.17. The Hall–Kier alpha value is -2.39. The van der Waals surface area contributed by atoms with E-state index >= 15 is 0 Å². The number of fused-ring (bicyclic) bond motifs is 1. The third-order valence-corrected chi connectivity index (χ3v) is 5.84. The van der Waals surface area contributed by atoms with Gasteiger partial charge in [-0.3, -0.25) is 0 Å². The quantitative estimate of drug-likeness (QED) is 0.629. The Morgan fingerprint density at radius 3 is 2.61 bits per heavy atom. The topological polar surface area (TPSA) is 64.0 Å². The number of benzene rings is 1. The number of nitrogens with one attached hydrogen (secondary N) is 1. The van der Waals surface area contributed by atoms with Crippen molar-refractivity contribution in [3.63, 3.8) is 0 Å². The summed E-state index contributed by atoms with van der Waals surface area (Å²) in [5.74, 6) is 0. The SMILES string of the molecule is CCCCn1cc(S(=O)(=O)NCc2ccccc2C(F)(F)F)c2cccnc21. The number of alkyl halides is 3. The maximum Gasteiger partial charge on any atom is 0.416 e. The summed E-state index contributed by atoms with van der Waals surface area (Å²) in [5, 5.41) is 0.440. The van der Waals surface area contributed by atoms with E-state index in [2.05, 4.69) is 9.71 Å². The fraction of sp³-hybridized carbons (Fsp3) is 0.316. The number of hydrogen-bond donors (Lipinski definition) is 1. The molecule has 9 heteroatoms. The second-order valence-corrected chi connectivity index (χ2v) is 8.13. The van der Waals surface area contributed by atoms with Crippen LogP contribution in [0, 0.1) is 0 Å². The van der Waals surface area contributed by atoms with Crippen LogP contribution < -0.4 is 4.72 Å². The summed E-state index contributed by atoms with van der Waals surface area (Å²) in [4.78, 5) is 4.27. The van der Waals surface area contributed by atoms with Crippen molar-refractivity contribution in [3.8, 4) is 0 Å². The average molecular weight is 411 g/mol. The van der Waals surface area contributed by atoms with E-state index in [0.29, 0.717) is 17.6 Å². The number of aryl methyl sites for hydroxylation is 1. The predicted molar refractivity (Wildman–Crippen MR) is 100 cm³/mol. The van der Waals surface area contributed by atoms with Crippen LogP contribution in [-0.4, -0.2) is 18.0 Å². The fourth-order valence-corrected chi connectivity index (χ4v) is 4.22. The Bertz CT molecular complexity index is 1080. The van der Waals surface area contributed by atoms with Crippen molar-refractivity contribution in [2.75, 3.05) is 0 Å². The molecule has 0 radical (unpaired) electrons. The lowest BCUT2D eigenvalue weighted by molar-refractivity contribution is -0.138. The molecule has 0 saturated heterocycles. The predicted octanol–water partition coefficient (Wildman–Crippen LogP) is 4.33. The van der Waals surface area contributed by atoms with Crippen molar-refractivity contribution in [1.82, 2.24) is 14.3 Å². The van der Waals surface area contributed by atoms with Crippen molar-refractivity contribution >= 4 is 21.1 Å². The number of aromatic nitrogens is 2. The molecule has 0 spiro atoms. The zero-order valence-electron chi connectivity index (χ0n) is 15.2. The van der Waals surface area contributed by atoms with Crippen LogP contribution in [0.1, 0.15) is 30.9 Å². The molecule has 0 amide bonds. The highest BCUT2D eigenvalue weighted by molar-refractivity contribution is 7.89. The molecule has 0 bridgehead atoms. The van der Waals surface area contributed by atoms with Crippen LogP contribution in [0.5, 0.6) is 0 Å². The Morgan fingerprint density at radius 2 is 1.89 bits per heavy atom. The van der Waals surface area contributed by atoms with Crippen LogP contribution in [0.4, 0.5) is 13.2 Å². The van der Waals surface area contributed by atoms with Crippen LogP contribution in [0.2, 0.25) is 0 Å². The van der Waals surface area contributed by atoms with Gasteiger partial charge in [0.2, 0.25) is 10.0 Å². The molecule has 0 aliphatic rings. The second kappa shape index (κ2) is 7.92. The lowest BCUT2D eigenvalue weighted by atomic mass is 10.1. The average Bonchev–Trinajstić information content (AvgIpc) is 3.04. The first-order valence-electron chi connectivity index (χ1n) is 8.82. The van der Waals surface area contributed by atoms with Gasteiger partial charge in [0.25, 0.3) is 0 Å². The molecule has 3 aromatic rings. The van der Waals surface area contributed by atoms with E-state index in [4.69, 9.17) is 0 Å². The lowest BCUT2D eigenvalue weighted by Gasteiger charge is -2.13. The van der Waals surface area contributed by atoms with E-state index in [0.717, 1.165) is 18.9 Å². The van der Waals surface area contributed by atoms with E-state index in [1.165, 1.54) is 24.4 Å². The molecule has 0 atom stereocenters. The number of hydrogen-bond acceptors (Lipinski definition) is 3. The molecular weight excluding hydrogens is 391 g/mol. The van der Waals surface area contributed by atoms with Crippen molar-refractivity contribution in [2.24, 2.45) is 0 Å². The summed E-state index contributed by atoms with van der Waals surface area (Å²) < 4.78 is 69.1. The van der Waals surface area contributed by atoms with Gasteiger partial charge in [0.05, 0.1) is 5.56 Å². The lowest BCUT2D eigenvalue weighted by Crippen LogP contribution is -2.24. The van der Waals surface area contributed by atoms with Gasteiger partial charge < -0.3 is 4.57 Å². The molecule has 0 unspecified atom stereocenters. The minimum Gasteiger partial charge on any atom is -0.331 e. The van der Waals surface area contributed by atoms with Gasteiger partial charge in [0.1, 0.15) is 10.5 Å². The molecule has 1 N–H and O–H groups in total. The Balaban J connectivity index is 1.93. The first-order chi connectivity index (χ1) is 13.2. The van der Waals surface area contributed by atoms with Crippen LogP contribution in [0.15, 0.2) is 53.7 Å². The Morgan fingerprint density at radius 1 is 1.14 bits per heavy atom. The minimum atomic E-state index is -4.55. The second-order valence-electron chi connectivity index (χ2n) is 6.39. The van der Waals surface area contributed by atoms with E-state index in [1.807, 2.05) is 6.92 Å². The molecule has 28 heavy (non-hydrogen) atoms. The van der Waals surface area contributed by atoms with Crippen LogP contribution in [0.3, 0.4) is 0 Å². The van der Waals surface area contributed by atoms with Crippen molar-refractivity contribution in [1.29, 1.82) is 0 Å². The largest absolute Gasteiger partial charge is 0.416 e. The van der Waals surface area contributed by atoms with E-state index in [1.54, 1.807) is 22.9 Å². The van der Waals surface area contributed by atoms with Gasteiger partial charge >= 0.3 is 6.18 Å². The van der Waals surface area contributed by atoms with Crippen molar-refractivity contribution in [3.05, 3.63) is 59.9 Å². The minimum absolute atomic E-state index is 0.0104. The number of unbranched alkanes of at least 4 members (excludes halogenated alkanes) is 1. The molecule has 0 saturated carbocycles. The summed E-state index contributed by atoms with van der Waals surface area (Å²) in [7, 11) is -4.03. The number of halogens is 3. The molecule has 3 rings (SSSR count). The Labute approximate surface area is 161 Å². The highest BCUT2D eigenvalue weighted by atomic mass is 32.2. The van der Waals surface area contributed by atoms with E-state index < -0.39 is 28.3 Å². The normalized spacial score (nSPS) is 12.6. The molecule has 5 nitrogen and oxygen atoms in total. The van der Waals surface area contributed by atoms with Gasteiger partial charge in [-0.05, 0) is 30.2 Å². The zero-order valence-corrected chi connectivity index (χ0v) is 16.0. The highest BCUT2D eigenvalue weighted by Gasteiger charge is 2.33. The van der Waals surface area contributed by atoms with Crippen LogP contribution >= 0.6 is 0 Å². The molecule has 2 heterocycles. The smallest absolute Gasteiger partial charge is 0.331 e. The first kappa shape index (κ1) is 20.3. The molecule has 2 aromatic heterocycles. The van der Waals surface area contributed by atoms with Gasteiger partial charge in [-0.25, -0.2) is 18.1 Å². The third-order valence-electron chi connectivity index (χ3n) is 4.41. The fourth-order valence-electron chi connectivity index (χ4n) is 3.00. The summed E-state index contributed by atoms with van der Waals surface area (Å²) >= 11 is 0. The Kier molecular flexibility index (Phi) is 5.76. The zero-order chi connectivity index (χ0) is 20.4. The molecule has 0 fully saturated rings. The van der Waals surface area contributed by atoms with Gasteiger partial charge in [-0.2, -0.15) is 13.2 Å². The summed E-state index contributed by atoms with van der Waals surface area (Å²) in [5.41, 5.74) is -0.455. The number of nitrogens with zero attached hydrogens (tertiary/aromatic N) is 2. The number of sulfonamides is 1. The maximum atomic E-state index is 13.1. The van der Waals surface area contributed by atoms with E-state index in [-0.39, 0.29) is 10.5 Å². The molecule has 0 aliphatic heterocycles. The molecule has 0 aliphatic carbocycles. The van der Waals surface area contributed by atoms with Crippen LogP contribution in [-0.2, 0) is 29.3 Å². The number of rotatable bonds is 7. The maximum absolute atomic E-state index is 13.1. The molecular formula is C19H20F3N3O2S. The third kappa shape index (κ3) is 4.20.